The van der Waals surface area contributed by atoms with E-state index in [4.69, 9.17) is 23.2 Å². The molecule has 158 valence electrons. The van der Waals surface area contributed by atoms with E-state index in [1.807, 2.05) is 6.92 Å². The summed E-state index contributed by atoms with van der Waals surface area (Å²) in [4.78, 5) is 17.4. The molecule has 0 atom stereocenters. The highest BCUT2D eigenvalue weighted by Gasteiger charge is 2.19. The summed E-state index contributed by atoms with van der Waals surface area (Å²) in [6.45, 7) is 1.89. The van der Waals surface area contributed by atoms with Crippen molar-refractivity contribution >= 4 is 71.5 Å². The van der Waals surface area contributed by atoms with E-state index in [0.29, 0.717) is 15.2 Å². The monoisotopic (exact) mass is 491 g/mol. The molecule has 0 unspecified atom stereocenters. The Morgan fingerprint density at radius 1 is 1.00 bits per heavy atom. The van der Waals surface area contributed by atoms with Crippen LogP contribution in [0.25, 0.3) is 10.2 Å². The molecule has 3 aromatic carbocycles. The van der Waals surface area contributed by atoms with Crippen LogP contribution in [-0.2, 0) is 10.0 Å². The molecule has 0 saturated carbocycles. The average Bonchev–Trinajstić information content (AvgIpc) is 3.11. The van der Waals surface area contributed by atoms with Crippen molar-refractivity contribution in [1.82, 2.24) is 4.98 Å². The first-order valence-electron chi connectivity index (χ1n) is 8.98. The number of carbonyl (C=O) groups is 1. The van der Waals surface area contributed by atoms with Gasteiger partial charge < -0.3 is 0 Å². The molecular formula is C21H15Cl2N3O3S2. The first-order valence-corrected chi connectivity index (χ1v) is 12.0. The standard InChI is InChI=1S/C21H15Cl2N3O3S2/c1-12-10-14(23)11-18-19(12)24-21(30-18)25-20(27)16-4-2-3-5-17(16)26-31(28,29)15-8-6-13(22)7-9-15/h2-11,26H,1H3,(H,24,25,27). The lowest BCUT2D eigenvalue weighted by atomic mass is 10.2. The Bertz CT molecular complexity index is 1400. The van der Waals surface area contributed by atoms with E-state index in [1.54, 1.807) is 24.3 Å². The number of nitrogens with one attached hydrogen (secondary N) is 2. The van der Waals surface area contributed by atoms with Gasteiger partial charge in [-0.25, -0.2) is 13.4 Å². The molecule has 10 heteroatoms. The van der Waals surface area contributed by atoms with Gasteiger partial charge in [-0.3, -0.25) is 14.8 Å². The number of fused-ring (bicyclic) bond motifs is 1. The Kier molecular flexibility index (Phi) is 5.90. The number of hydrogen-bond donors (Lipinski definition) is 2. The van der Waals surface area contributed by atoms with Crippen LogP contribution >= 0.6 is 34.5 Å². The van der Waals surface area contributed by atoms with Crippen molar-refractivity contribution in [1.29, 1.82) is 0 Å². The van der Waals surface area contributed by atoms with Crippen molar-refractivity contribution in [3.63, 3.8) is 0 Å². The summed E-state index contributed by atoms with van der Waals surface area (Å²) in [7, 11) is -3.91. The van der Waals surface area contributed by atoms with Gasteiger partial charge in [-0.1, -0.05) is 46.7 Å². The van der Waals surface area contributed by atoms with Crippen LogP contribution in [0.2, 0.25) is 10.0 Å². The lowest BCUT2D eigenvalue weighted by Gasteiger charge is -2.12. The van der Waals surface area contributed by atoms with E-state index in [9.17, 15) is 13.2 Å². The van der Waals surface area contributed by atoms with Crippen LogP contribution in [-0.4, -0.2) is 19.3 Å². The second kappa shape index (κ2) is 8.47. The number of para-hydroxylation sites is 1. The summed E-state index contributed by atoms with van der Waals surface area (Å²) in [5, 5.41) is 4.14. The van der Waals surface area contributed by atoms with Crippen molar-refractivity contribution < 1.29 is 13.2 Å². The van der Waals surface area contributed by atoms with Crippen molar-refractivity contribution in [2.24, 2.45) is 0 Å². The number of hydrogen-bond acceptors (Lipinski definition) is 5. The maximum atomic E-state index is 12.9. The van der Waals surface area contributed by atoms with E-state index in [1.165, 1.54) is 47.7 Å². The number of nitrogens with zero attached hydrogens (tertiary/aromatic N) is 1. The van der Waals surface area contributed by atoms with Gasteiger partial charge in [0.05, 0.1) is 26.4 Å². The summed E-state index contributed by atoms with van der Waals surface area (Å²) in [6.07, 6.45) is 0. The molecule has 1 aromatic heterocycles. The number of amides is 1. The van der Waals surface area contributed by atoms with Crippen molar-refractivity contribution in [3.05, 3.63) is 81.8 Å². The number of sulfonamides is 1. The van der Waals surface area contributed by atoms with E-state index >= 15 is 0 Å². The number of aromatic nitrogens is 1. The second-order valence-electron chi connectivity index (χ2n) is 6.65. The SMILES string of the molecule is Cc1cc(Cl)cc2sc(NC(=O)c3ccccc3NS(=O)(=O)c3ccc(Cl)cc3)nc12. The molecule has 0 aliphatic rings. The molecule has 0 aliphatic carbocycles. The predicted molar refractivity (Wildman–Crippen MR) is 126 cm³/mol. The molecule has 1 amide bonds. The lowest BCUT2D eigenvalue weighted by Crippen LogP contribution is -2.18. The molecule has 0 saturated heterocycles. The van der Waals surface area contributed by atoms with Gasteiger partial charge in [0.15, 0.2) is 5.13 Å². The summed E-state index contributed by atoms with van der Waals surface area (Å²) < 4.78 is 28.8. The molecule has 0 radical (unpaired) electrons. The van der Waals surface area contributed by atoms with Crippen molar-refractivity contribution in [2.45, 2.75) is 11.8 Å². The molecule has 0 bridgehead atoms. The number of rotatable bonds is 5. The molecule has 0 aliphatic heterocycles. The molecule has 6 nitrogen and oxygen atoms in total. The minimum absolute atomic E-state index is 0.0330. The van der Waals surface area contributed by atoms with Crippen molar-refractivity contribution in [3.8, 4) is 0 Å². The highest BCUT2D eigenvalue weighted by molar-refractivity contribution is 7.92. The smallest absolute Gasteiger partial charge is 0.261 e. The second-order valence-corrected chi connectivity index (χ2v) is 10.2. The minimum atomic E-state index is -3.91. The fourth-order valence-corrected chi connectivity index (χ4v) is 5.48. The minimum Gasteiger partial charge on any atom is -0.298 e. The van der Waals surface area contributed by atoms with Gasteiger partial charge in [-0.05, 0) is 61.0 Å². The largest absolute Gasteiger partial charge is 0.298 e. The Hall–Kier alpha value is -2.65. The van der Waals surface area contributed by atoms with E-state index in [-0.39, 0.29) is 16.1 Å². The van der Waals surface area contributed by atoms with Crippen LogP contribution in [0.3, 0.4) is 0 Å². The molecule has 2 N–H and O–H groups in total. The Morgan fingerprint density at radius 2 is 1.71 bits per heavy atom. The predicted octanol–water partition coefficient (Wildman–Crippen LogP) is 5.96. The number of aryl methyl sites for hydroxylation is 1. The maximum absolute atomic E-state index is 12.9. The summed E-state index contributed by atoms with van der Waals surface area (Å²) in [6, 6.07) is 15.7. The number of thiazole rings is 1. The lowest BCUT2D eigenvalue weighted by molar-refractivity contribution is 0.102. The Labute approximate surface area is 192 Å². The summed E-state index contributed by atoms with van der Waals surface area (Å²) in [5.74, 6) is -0.489. The topological polar surface area (TPSA) is 88.2 Å². The Morgan fingerprint density at radius 3 is 2.45 bits per heavy atom. The van der Waals surface area contributed by atoms with Gasteiger partial charge >= 0.3 is 0 Å². The van der Waals surface area contributed by atoms with Crippen LogP contribution in [0.15, 0.2) is 65.6 Å². The van der Waals surface area contributed by atoms with Gasteiger partial charge in [0.2, 0.25) is 0 Å². The zero-order valence-corrected chi connectivity index (χ0v) is 19.2. The van der Waals surface area contributed by atoms with Crippen molar-refractivity contribution in [2.75, 3.05) is 10.0 Å². The van der Waals surface area contributed by atoms with Gasteiger partial charge in [-0.15, -0.1) is 0 Å². The van der Waals surface area contributed by atoms with Gasteiger partial charge in [0.1, 0.15) is 0 Å². The van der Waals surface area contributed by atoms with Crippen LogP contribution in [0.4, 0.5) is 10.8 Å². The van der Waals surface area contributed by atoms with Gasteiger partial charge in [0, 0.05) is 10.0 Å². The first kappa shape index (κ1) is 21.6. The van der Waals surface area contributed by atoms with Gasteiger partial charge in [0.25, 0.3) is 15.9 Å². The molecule has 0 fully saturated rings. The summed E-state index contributed by atoms with van der Waals surface area (Å²) >= 11 is 13.2. The zero-order valence-electron chi connectivity index (χ0n) is 16.0. The van der Waals surface area contributed by atoms with Crippen LogP contribution < -0.4 is 10.0 Å². The molecule has 4 rings (SSSR count). The highest BCUT2D eigenvalue weighted by Crippen LogP contribution is 2.31. The molecular weight excluding hydrogens is 477 g/mol. The van der Waals surface area contributed by atoms with E-state index in [2.05, 4.69) is 15.0 Å². The molecule has 4 aromatic rings. The van der Waals surface area contributed by atoms with Crippen LogP contribution in [0.1, 0.15) is 15.9 Å². The molecule has 1 heterocycles. The third-order valence-corrected chi connectivity index (χ3v) is 7.18. The quantitative estimate of drug-likeness (QED) is 0.360. The highest BCUT2D eigenvalue weighted by atomic mass is 35.5. The number of anilines is 2. The molecule has 31 heavy (non-hydrogen) atoms. The van der Waals surface area contributed by atoms with E-state index in [0.717, 1.165) is 15.8 Å². The third kappa shape index (κ3) is 4.67. The number of benzene rings is 3. The third-order valence-electron chi connectivity index (χ3n) is 4.41. The van der Waals surface area contributed by atoms with Crippen LogP contribution in [0, 0.1) is 6.92 Å². The number of carbonyl (C=O) groups excluding carboxylic acids is 1. The average molecular weight is 492 g/mol. The number of halogens is 2. The normalized spacial score (nSPS) is 11.5. The van der Waals surface area contributed by atoms with Gasteiger partial charge in [-0.2, -0.15) is 0 Å². The fraction of sp³-hybridized carbons (Fsp3) is 0.0476. The fourth-order valence-electron chi connectivity index (χ4n) is 2.96. The molecule has 0 spiro atoms. The zero-order chi connectivity index (χ0) is 22.2. The first-order chi connectivity index (χ1) is 14.7. The van der Waals surface area contributed by atoms with Crippen LogP contribution in [0.5, 0.6) is 0 Å². The van der Waals surface area contributed by atoms with E-state index < -0.39 is 15.9 Å². The maximum Gasteiger partial charge on any atom is 0.261 e. The Balaban J connectivity index is 1.61. The summed E-state index contributed by atoms with van der Waals surface area (Å²) in [5.41, 5.74) is 1.96.